The minimum Gasteiger partial charge on any atom is -0.360 e. The first-order valence-electron chi connectivity index (χ1n) is 9.06. The number of nitrogens with one attached hydrogen (secondary N) is 1. The fourth-order valence-electron chi connectivity index (χ4n) is 2.80. The van der Waals surface area contributed by atoms with E-state index in [2.05, 4.69) is 69.1 Å². The number of nitrogens with zero attached hydrogens (tertiary/aromatic N) is 4. The van der Waals surface area contributed by atoms with E-state index in [4.69, 9.17) is 0 Å². The zero-order chi connectivity index (χ0) is 19.6. The molecule has 0 bridgehead atoms. The normalized spacial score (nSPS) is 10.6. The van der Waals surface area contributed by atoms with Crippen molar-refractivity contribution in [2.45, 2.75) is 0 Å². The topological polar surface area (TPSA) is 53.9 Å². The number of rotatable bonds is 9. The van der Waals surface area contributed by atoms with Gasteiger partial charge in [0.25, 0.3) is 0 Å². The van der Waals surface area contributed by atoms with E-state index in [0.717, 1.165) is 22.5 Å². The van der Waals surface area contributed by atoms with Crippen LogP contribution in [0.15, 0.2) is 86.1 Å². The monoisotopic (exact) mass is 369 g/mol. The molecule has 0 spiro atoms. The summed E-state index contributed by atoms with van der Waals surface area (Å²) >= 11 is 0. The molecular formula is C23H23N5. The predicted octanol–water partition coefficient (Wildman–Crippen LogP) is 4.96. The van der Waals surface area contributed by atoms with Crippen LogP contribution in [0, 0.1) is 0 Å². The standard InChI is InChI=1S/C23H23N5/c1-3-16-28(17-4-2)22-18-24-27-26-23(22)25-21-13-9-8-12-20(21)15-14-19-10-6-5-7-11-19/h3-15,18H,1-2,16-17H2,(H,24,25,26). The second-order valence-corrected chi connectivity index (χ2v) is 6.11. The second-order valence-electron chi connectivity index (χ2n) is 6.11. The molecular weight excluding hydrogens is 346 g/mol. The predicted molar refractivity (Wildman–Crippen MR) is 118 cm³/mol. The van der Waals surface area contributed by atoms with Gasteiger partial charge in [-0.1, -0.05) is 72.8 Å². The smallest absolute Gasteiger partial charge is 0.180 e. The van der Waals surface area contributed by atoms with Crippen molar-refractivity contribution in [1.82, 2.24) is 15.4 Å². The number of benzene rings is 2. The van der Waals surface area contributed by atoms with Crippen molar-refractivity contribution in [3.05, 3.63) is 97.2 Å². The number of hydrogen-bond donors (Lipinski definition) is 1. The highest BCUT2D eigenvalue weighted by atomic mass is 15.3. The van der Waals surface area contributed by atoms with Crippen molar-refractivity contribution in [3.8, 4) is 0 Å². The average molecular weight is 369 g/mol. The van der Waals surface area contributed by atoms with Crippen molar-refractivity contribution in [1.29, 1.82) is 0 Å². The molecule has 0 aliphatic heterocycles. The minimum absolute atomic E-state index is 0.638. The molecule has 28 heavy (non-hydrogen) atoms. The Balaban J connectivity index is 1.90. The Bertz CT molecular complexity index is 940. The lowest BCUT2D eigenvalue weighted by Crippen LogP contribution is -2.24. The van der Waals surface area contributed by atoms with E-state index in [9.17, 15) is 0 Å². The Morgan fingerprint density at radius 3 is 2.36 bits per heavy atom. The molecule has 2 aromatic carbocycles. The summed E-state index contributed by atoms with van der Waals surface area (Å²) in [4.78, 5) is 2.08. The SMILES string of the molecule is C=CCN(CC=C)c1cnnnc1Nc1ccccc1C=Cc1ccccc1. The molecule has 5 nitrogen and oxygen atoms in total. The molecule has 140 valence electrons. The van der Waals surface area contributed by atoms with E-state index in [0.29, 0.717) is 18.9 Å². The molecule has 1 heterocycles. The van der Waals surface area contributed by atoms with Gasteiger partial charge in [0, 0.05) is 18.8 Å². The molecule has 1 aromatic heterocycles. The van der Waals surface area contributed by atoms with E-state index in [-0.39, 0.29) is 0 Å². The van der Waals surface area contributed by atoms with Gasteiger partial charge in [0.1, 0.15) is 5.69 Å². The molecule has 0 amide bonds. The molecule has 0 aliphatic rings. The maximum Gasteiger partial charge on any atom is 0.180 e. The van der Waals surface area contributed by atoms with Crippen LogP contribution in [0.1, 0.15) is 11.1 Å². The van der Waals surface area contributed by atoms with Crippen LogP contribution < -0.4 is 10.2 Å². The number of aromatic nitrogens is 3. The van der Waals surface area contributed by atoms with E-state index in [1.165, 1.54) is 0 Å². The summed E-state index contributed by atoms with van der Waals surface area (Å²) in [6.07, 6.45) is 9.54. The molecule has 1 N–H and O–H groups in total. The summed E-state index contributed by atoms with van der Waals surface area (Å²) in [6.45, 7) is 8.97. The molecule has 0 radical (unpaired) electrons. The van der Waals surface area contributed by atoms with Crippen LogP contribution in [0.4, 0.5) is 17.2 Å². The Morgan fingerprint density at radius 1 is 0.893 bits per heavy atom. The van der Waals surface area contributed by atoms with Crippen molar-refractivity contribution in [2.75, 3.05) is 23.3 Å². The summed E-state index contributed by atoms with van der Waals surface area (Å²) in [6, 6.07) is 18.3. The summed E-state index contributed by atoms with van der Waals surface area (Å²) in [5, 5.41) is 15.4. The van der Waals surface area contributed by atoms with E-state index in [1.54, 1.807) is 6.20 Å². The van der Waals surface area contributed by atoms with Gasteiger partial charge in [0.15, 0.2) is 5.82 Å². The lowest BCUT2D eigenvalue weighted by molar-refractivity contribution is 0.846. The third-order valence-electron chi connectivity index (χ3n) is 4.13. The highest BCUT2D eigenvalue weighted by Gasteiger charge is 2.12. The first-order chi connectivity index (χ1) is 13.8. The van der Waals surface area contributed by atoms with Gasteiger partial charge < -0.3 is 10.2 Å². The van der Waals surface area contributed by atoms with Crippen LogP contribution >= 0.6 is 0 Å². The zero-order valence-corrected chi connectivity index (χ0v) is 15.7. The molecule has 0 fully saturated rings. The molecule has 0 atom stereocenters. The Hall–Kier alpha value is -3.73. The van der Waals surface area contributed by atoms with Gasteiger partial charge in [-0.25, -0.2) is 0 Å². The van der Waals surface area contributed by atoms with Gasteiger partial charge in [-0.3, -0.25) is 0 Å². The first-order valence-corrected chi connectivity index (χ1v) is 9.06. The van der Waals surface area contributed by atoms with Gasteiger partial charge in [-0.2, -0.15) is 0 Å². The summed E-state index contributed by atoms with van der Waals surface area (Å²) in [5.41, 5.74) is 3.98. The largest absolute Gasteiger partial charge is 0.360 e. The Kier molecular flexibility index (Phi) is 6.68. The van der Waals surface area contributed by atoms with Crippen LogP contribution in [0.5, 0.6) is 0 Å². The van der Waals surface area contributed by atoms with E-state index >= 15 is 0 Å². The molecule has 0 aliphatic carbocycles. The zero-order valence-electron chi connectivity index (χ0n) is 15.7. The molecule has 0 unspecified atom stereocenters. The van der Waals surface area contributed by atoms with Crippen LogP contribution in [0.25, 0.3) is 12.2 Å². The Morgan fingerprint density at radius 2 is 1.61 bits per heavy atom. The molecule has 3 aromatic rings. The third-order valence-corrected chi connectivity index (χ3v) is 4.13. The second kappa shape index (κ2) is 9.83. The Labute approximate surface area is 165 Å². The molecule has 0 saturated carbocycles. The van der Waals surface area contributed by atoms with Gasteiger partial charge in [-0.05, 0) is 22.4 Å². The molecule has 5 heteroatoms. The van der Waals surface area contributed by atoms with Crippen molar-refractivity contribution >= 4 is 29.3 Å². The van der Waals surface area contributed by atoms with Crippen molar-refractivity contribution < 1.29 is 0 Å². The van der Waals surface area contributed by atoms with E-state index in [1.807, 2.05) is 48.6 Å². The van der Waals surface area contributed by atoms with Crippen LogP contribution in [0.3, 0.4) is 0 Å². The van der Waals surface area contributed by atoms with E-state index < -0.39 is 0 Å². The van der Waals surface area contributed by atoms with Gasteiger partial charge in [0.2, 0.25) is 0 Å². The lowest BCUT2D eigenvalue weighted by atomic mass is 10.1. The highest BCUT2D eigenvalue weighted by molar-refractivity contribution is 5.80. The maximum absolute atomic E-state index is 4.21. The van der Waals surface area contributed by atoms with Crippen molar-refractivity contribution in [2.24, 2.45) is 0 Å². The van der Waals surface area contributed by atoms with Crippen LogP contribution in [-0.4, -0.2) is 28.5 Å². The fourth-order valence-corrected chi connectivity index (χ4v) is 2.80. The number of anilines is 3. The third kappa shape index (κ3) is 4.92. The summed E-state index contributed by atoms with van der Waals surface area (Å²) in [7, 11) is 0. The first kappa shape index (κ1) is 19.0. The van der Waals surface area contributed by atoms with Crippen LogP contribution in [0.2, 0.25) is 0 Å². The number of hydrogen-bond acceptors (Lipinski definition) is 5. The lowest BCUT2D eigenvalue weighted by Gasteiger charge is -2.23. The number of para-hydroxylation sites is 1. The van der Waals surface area contributed by atoms with Crippen LogP contribution in [-0.2, 0) is 0 Å². The molecule has 3 rings (SSSR count). The van der Waals surface area contributed by atoms with Crippen molar-refractivity contribution in [3.63, 3.8) is 0 Å². The van der Waals surface area contributed by atoms with Gasteiger partial charge in [0.05, 0.1) is 6.20 Å². The maximum atomic E-state index is 4.21. The van der Waals surface area contributed by atoms with Gasteiger partial charge in [-0.15, -0.1) is 23.4 Å². The average Bonchev–Trinajstić information content (AvgIpc) is 2.74. The summed E-state index contributed by atoms with van der Waals surface area (Å²) < 4.78 is 0. The van der Waals surface area contributed by atoms with Gasteiger partial charge >= 0.3 is 0 Å². The summed E-state index contributed by atoms with van der Waals surface area (Å²) in [5.74, 6) is 0.638. The quantitative estimate of drug-likeness (QED) is 0.426. The minimum atomic E-state index is 0.638. The molecule has 0 saturated heterocycles. The highest BCUT2D eigenvalue weighted by Crippen LogP contribution is 2.28. The fraction of sp³-hybridized carbons (Fsp3) is 0.0870.